The van der Waals surface area contributed by atoms with Crippen LogP contribution in [0, 0.1) is 0 Å². The van der Waals surface area contributed by atoms with E-state index >= 15 is 0 Å². The Kier molecular flexibility index (Phi) is 5.60. The number of furan rings is 1. The molecule has 0 aliphatic rings. The number of benzene rings is 4. The Hall–Kier alpha value is -4.61. The number of carbonyl (C=O) groups is 1. The van der Waals surface area contributed by atoms with Crippen LogP contribution in [0.5, 0.6) is 0 Å². The Balaban J connectivity index is 1.19. The third-order valence-electron chi connectivity index (χ3n) is 5.82. The number of oxazole rings is 1. The van der Waals surface area contributed by atoms with Crippen LogP contribution in [0.25, 0.3) is 50.7 Å². The van der Waals surface area contributed by atoms with Crippen LogP contribution in [0.4, 0.5) is 5.69 Å². The van der Waals surface area contributed by atoms with Crippen LogP contribution in [-0.2, 0) is 4.79 Å². The van der Waals surface area contributed by atoms with Crippen molar-refractivity contribution < 1.29 is 13.6 Å². The van der Waals surface area contributed by atoms with E-state index in [9.17, 15) is 4.79 Å². The van der Waals surface area contributed by atoms with Crippen molar-refractivity contribution in [3.8, 4) is 22.8 Å². The van der Waals surface area contributed by atoms with Gasteiger partial charge in [-0.2, -0.15) is 0 Å². The number of rotatable bonds is 5. The van der Waals surface area contributed by atoms with E-state index < -0.39 is 0 Å². The molecule has 0 bridgehead atoms. The minimum atomic E-state index is -0.278. The molecule has 0 fully saturated rings. The summed E-state index contributed by atoms with van der Waals surface area (Å²) < 4.78 is 11.8. The molecule has 36 heavy (non-hydrogen) atoms. The molecule has 2 heterocycles. The standard InChI is InChI=1S/C30H19ClN2O3/c31-22-11-8-20(9-12-22)26-16-13-24(35-26)14-17-28(34)32-23-6-3-5-21(18-23)30-33-29-25-7-2-1-4-19(25)10-15-27(29)36-30/h1-18H,(H,32,34). The number of hydrogen-bond donors (Lipinski definition) is 1. The molecule has 0 atom stereocenters. The molecule has 6 aromatic rings. The summed E-state index contributed by atoms with van der Waals surface area (Å²) >= 11 is 5.94. The van der Waals surface area contributed by atoms with Gasteiger partial charge in [0.05, 0.1) is 0 Å². The van der Waals surface area contributed by atoms with Crippen molar-refractivity contribution in [1.29, 1.82) is 0 Å². The average Bonchev–Trinajstić information content (AvgIpc) is 3.56. The van der Waals surface area contributed by atoms with E-state index in [0.717, 1.165) is 33.0 Å². The lowest BCUT2D eigenvalue weighted by atomic mass is 10.1. The Morgan fingerprint density at radius 3 is 2.58 bits per heavy atom. The maximum atomic E-state index is 12.5. The number of amides is 1. The first-order valence-electron chi connectivity index (χ1n) is 11.4. The molecule has 0 unspecified atom stereocenters. The van der Waals surface area contributed by atoms with E-state index in [-0.39, 0.29) is 5.91 Å². The Morgan fingerprint density at radius 2 is 1.69 bits per heavy atom. The lowest BCUT2D eigenvalue weighted by Gasteiger charge is -2.03. The summed E-state index contributed by atoms with van der Waals surface area (Å²) in [6.07, 6.45) is 3.06. The van der Waals surface area contributed by atoms with Crippen LogP contribution < -0.4 is 5.32 Å². The number of carbonyl (C=O) groups excluding carboxylic acids is 1. The minimum absolute atomic E-state index is 0.278. The first-order chi connectivity index (χ1) is 17.6. The predicted molar refractivity (Wildman–Crippen MR) is 144 cm³/mol. The average molecular weight is 491 g/mol. The smallest absolute Gasteiger partial charge is 0.248 e. The number of fused-ring (bicyclic) bond motifs is 3. The van der Waals surface area contributed by atoms with Gasteiger partial charge in [-0.1, -0.05) is 48.0 Å². The van der Waals surface area contributed by atoms with E-state index in [4.69, 9.17) is 25.4 Å². The maximum Gasteiger partial charge on any atom is 0.248 e. The van der Waals surface area contributed by atoms with Gasteiger partial charge in [-0.05, 0) is 72.1 Å². The largest absolute Gasteiger partial charge is 0.457 e. The number of aromatic nitrogens is 1. The molecule has 0 spiro atoms. The molecule has 5 nitrogen and oxygen atoms in total. The van der Waals surface area contributed by atoms with Crippen LogP contribution in [-0.4, -0.2) is 10.9 Å². The monoisotopic (exact) mass is 490 g/mol. The van der Waals surface area contributed by atoms with Gasteiger partial charge in [0.15, 0.2) is 5.58 Å². The molecule has 0 radical (unpaired) electrons. The van der Waals surface area contributed by atoms with Gasteiger partial charge in [0.2, 0.25) is 11.8 Å². The van der Waals surface area contributed by atoms with Crippen LogP contribution in [0.3, 0.4) is 0 Å². The van der Waals surface area contributed by atoms with Gasteiger partial charge >= 0.3 is 0 Å². The Morgan fingerprint density at radius 1 is 0.833 bits per heavy atom. The van der Waals surface area contributed by atoms with E-state index in [1.165, 1.54) is 6.08 Å². The van der Waals surface area contributed by atoms with Gasteiger partial charge in [-0.3, -0.25) is 4.79 Å². The van der Waals surface area contributed by atoms with Gasteiger partial charge in [0.1, 0.15) is 17.0 Å². The van der Waals surface area contributed by atoms with E-state index in [2.05, 4.69) is 5.32 Å². The Bertz CT molecular complexity index is 1750. The molecule has 4 aromatic carbocycles. The number of nitrogens with one attached hydrogen (secondary N) is 1. The third kappa shape index (κ3) is 4.40. The van der Waals surface area contributed by atoms with Crippen molar-refractivity contribution in [3.63, 3.8) is 0 Å². The number of halogens is 1. The fraction of sp³-hybridized carbons (Fsp3) is 0. The third-order valence-corrected chi connectivity index (χ3v) is 6.07. The maximum absolute atomic E-state index is 12.5. The molecule has 0 aliphatic heterocycles. The summed E-state index contributed by atoms with van der Waals surface area (Å²) in [7, 11) is 0. The summed E-state index contributed by atoms with van der Waals surface area (Å²) in [6, 6.07) is 30.5. The van der Waals surface area contributed by atoms with Gasteiger partial charge in [-0.25, -0.2) is 4.98 Å². The SMILES string of the molecule is O=C(C=Cc1ccc(-c2ccc(Cl)cc2)o1)Nc1cccc(-c2nc3c(ccc4ccccc43)o2)c1. The topological polar surface area (TPSA) is 68.3 Å². The summed E-state index contributed by atoms with van der Waals surface area (Å²) in [5.74, 6) is 1.49. The van der Waals surface area contributed by atoms with Crippen molar-refractivity contribution in [3.05, 3.63) is 114 Å². The van der Waals surface area contributed by atoms with Crippen molar-refractivity contribution >= 4 is 51.1 Å². The van der Waals surface area contributed by atoms with E-state index in [1.54, 1.807) is 18.2 Å². The second-order valence-corrected chi connectivity index (χ2v) is 8.70. The minimum Gasteiger partial charge on any atom is -0.457 e. The van der Waals surface area contributed by atoms with Crippen molar-refractivity contribution in [2.75, 3.05) is 5.32 Å². The fourth-order valence-electron chi connectivity index (χ4n) is 4.07. The summed E-state index contributed by atoms with van der Waals surface area (Å²) in [4.78, 5) is 17.3. The Labute approximate surface area is 211 Å². The van der Waals surface area contributed by atoms with Crippen LogP contribution >= 0.6 is 11.6 Å². The highest BCUT2D eigenvalue weighted by Crippen LogP contribution is 2.30. The number of anilines is 1. The summed E-state index contributed by atoms with van der Waals surface area (Å²) in [6.45, 7) is 0. The zero-order valence-corrected chi connectivity index (χ0v) is 19.7. The van der Waals surface area contributed by atoms with Crippen LogP contribution in [0.15, 0.2) is 112 Å². The molecule has 0 saturated heterocycles. The summed E-state index contributed by atoms with van der Waals surface area (Å²) in [5, 5.41) is 5.69. The van der Waals surface area contributed by atoms with E-state index in [1.807, 2.05) is 84.9 Å². The first-order valence-corrected chi connectivity index (χ1v) is 11.7. The second kappa shape index (κ2) is 9.21. The summed E-state index contributed by atoms with van der Waals surface area (Å²) in [5.41, 5.74) is 3.85. The lowest BCUT2D eigenvalue weighted by Crippen LogP contribution is -2.07. The quantitative estimate of drug-likeness (QED) is 0.247. The molecule has 6 rings (SSSR count). The molecule has 174 valence electrons. The molecular formula is C30H19ClN2O3. The second-order valence-electron chi connectivity index (χ2n) is 8.26. The first kappa shape index (κ1) is 21.9. The lowest BCUT2D eigenvalue weighted by molar-refractivity contribution is -0.111. The van der Waals surface area contributed by atoms with Gasteiger partial charge < -0.3 is 14.2 Å². The highest BCUT2D eigenvalue weighted by Gasteiger charge is 2.12. The van der Waals surface area contributed by atoms with Gasteiger partial charge in [0, 0.05) is 33.3 Å². The van der Waals surface area contributed by atoms with Crippen LogP contribution in [0.1, 0.15) is 5.76 Å². The molecule has 0 saturated carbocycles. The van der Waals surface area contributed by atoms with Gasteiger partial charge in [0.25, 0.3) is 0 Å². The number of nitrogens with zero attached hydrogens (tertiary/aromatic N) is 1. The predicted octanol–water partition coefficient (Wildman–Crippen LogP) is 8.21. The molecular weight excluding hydrogens is 472 g/mol. The number of hydrogen-bond acceptors (Lipinski definition) is 4. The zero-order chi connectivity index (χ0) is 24.5. The molecule has 1 N–H and O–H groups in total. The van der Waals surface area contributed by atoms with Crippen molar-refractivity contribution in [2.45, 2.75) is 0 Å². The molecule has 2 aromatic heterocycles. The normalized spacial score (nSPS) is 11.5. The molecule has 6 heteroatoms. The molecule has 1 amide bonds. The fourth-order valence-corrected chi connectivity index (χ4v) is 4.19. The highest BCUT2D eigenvalue weighted by atomic mass is 35.5. The highest BCUT2D eigenvalue weighted by molar-refractivity contribution is 6.30. The van der Waals surface area contributed by atoms with Gasteiger partial charge in [-0.15, -0.1) is 0 Å². The van der Waals surface area contributed by atoms with Crippen molar-refractivity contribution in [2.24, 2.45) is 0 Å². The van der Waals surface area contributed by atoms with E-state index in [0.29, 0.717) is 28.1 Å². The zero-order valence-electron chi connectivity index (χ0n) is 18.9. The van der Waals surface area contributed by atoms with Crippen LogP contribution in [0.2, 0.25) is 5.02 Å². The molecule has 0 aliphatic carbocycles. The van der Waals surface area contributed by atoms with Crippen molar-refractivity contribution in [1.82, 2.24) is 4.98 Å².